The van der Waals surface area contributed by atoms with Crippen molar-refractivity contribution in [2.75, 3.05) is 43.7 Å². The van der Waals surface area contributed by atoms with Crippen LogP contribution in [0.3, 0.4) is 0 Å². The fraction of sp³-hybridized carbons (Fsp3) is 0.207. The first-order chi connectivity index (χ1) is 18.0. The van der Waals surface area contributed by atoms with Gasteiger partial charge in [0.15, 0.2) is 0 Å². The summed E-state index contributed by atoms with van der Waals surface area (Å²) in [6.45, 7) is 1.37. The number of pyridine rings is 1. The summed E-state index contributed by atoms with van der Waals surface area (Å²) >= 11 is 0. The molecule has 8 nitrogen and oxygen atoms in total. The van der Waals surface area contributed by atoms with Crippen LogP contribution in [-0.4, -0.2) is 43.7 Å². The van der Waals surface area contributed by atoms with E-state index in [-0.39, 0.29) is 6.03 Å². The van der Waals surface area contributed by atoms with Crippen LogP contribution >= 0.6 is 0 Å². The number of benzene rings is 3. The fourth-order valence-electron chi connectivity index (χ4n) is 4.07. The Balaban J connectivity index is 1.35. The second-order valence-electron chi connectivity index (χ2n) is 8.89. The summed E-state index contributed by atoms with van der Waals surface area (Å²) in [5.41, 5.74) is 5.67. The largest absolute Gasteiger partial charge is 0.497 e. The van der Waals surface area contributed by atoms with E-state index in [0.717, 1.165) is 52.1 Å². The SMILES string of the molecule is COc1ccc2c(NCCc3ccc(NC(=O)Nc4ccccc4CN(C)C)cc3)c(C#N)cnc2c1. The van der Waals surface area contributed by atoms with Gasteiger partial charge in [-0.2, -0.15) is 5.26 Å². The van der Waals surface area contributed by atoms with E-state index in [0.29, 0.717) is 17.8 Å². The molecule has 3 N–H and O–H groups in total. The highest BCUT2D eigenvalue weighted by molar-refractivity contribution is 6.00. The van der Waals surface area contributed by atoms with Crippen LogP contribution in [0.5, 0.6) is 5.75 Å². The minimum absolute atomic E-state index is 0.286. The molecule has 1 aromatic heterocycles. The van der Waals surface area contributed by atoms with Crippen molar-refractivity contribution < 1.29 is 9.53 Å². The molecule has 0 saturated carbocycles. The van der Waals surface area contributed by atoms with Gasteiger partial charge in [-0.25, -0.2) is 4.79 Å². The fourth-order valence-corrected chi connectivity index (χ4v) is 4.07. The van der Waals surface area contributed by atoms with Gasteiger partial charge >= 0.3 is 6.03 Å². The van der Waals surface area contributed by atoms with E-state index in [1.165, 1.54) is 0 Å². The van der Waals surface area contributed by atoms with Crippen LogP contribution in [0.1, 0.15) is 16.7 Å². The molecular weight excluding hydrogens is 464 g/mol. The first-order valence-corrected chi connectivity index (χ1v) is 12.0. The number of nitrogens with one attached hydrogen (secondary N) is 3. The molecule has 188 valence electrons. The summed E-state index contributed by atoms with van der Waals surface area (Å²) in [5.74, 6) is 0.718. The number of urea groups is 1. The molecule has 0 saturated heterocycles. The Labute approximate surface area is 216 Å². The number of nitriles is 1. The number of hydrogen-bond acceptors (Lipinski definition) is 6. The lowest BCUT2D eigenvalue weighted by atomic mass is 10.1. The van der Waals surface area contributed by atoms with Gasteiger partial charge in [0.05, 0.1) is 23.9 Å². The maximum Gasteiger partial charge on any atom is 0.323 e. The Morgan fingerprint density at radius 1 is 1.05 bits per heavy atom. The maximum atomic E-state index is 12.6. The van der Waals surface area contributed by atoms with Crippen molar-refractivity contribution in [3.8, 4) is 11.8 Å². The van der Waals surface area contributed by atoms with E-state index >= 15 is 0 Å². The standard InChI is InChI=1S/C29H30N6O2/c1-35(2)19-21-6-4-5-7-26(21)34-29(36)33-23-10-8-20(9-11-23)14-15-31-28-22(17-30)18-32-27-16-24(37-3)12-13-25(27)28/h4-13,16,18H,14-15,19H2,1-3H3,(H,31,32)(H2,33,34,36). The van der Waals surface area contributed by atoms with Gasteiger partial charge in [0.25, 0.3) is 0 Å². The quantitative estimate of drug-likeness (QED) is 0.285. The first kappa shape index (κ1) is 25.5. The molecule has 8 heteroatoms. The van der Waals surface area contributed by atoms with Crippen molar-refractivity contribution in [2.45, 2.75) is 13.0 Å². The van der Waals surface area contributed by atoms with Crippen LogP contribution in [0.15, 0.2) is 72.9 Å². The molecule has 4 aromatic rings. The van der Waals surface area contributed by atoms with Gasteiger partial charge < -0.3 is 25.6 Å². The molecular formula is C29H30N6O2. The Kier molecular flexibility index (Phi) is 8.18. The first-order valence-electron chi connectivity index (χ1n) is 12.0. The number of carbonyl (C=O) groups excluding carboxylic acids is 1. The molecule has 0 spiro atoms. The zero-order valence-electron chi connectivity index (χ0n) is 21.2. The summed E-state index contributed by atoms with van der Waals surface area (Å²) in [7, 11) is 5.60. The summed E-state index contributed by atoms with van der Waals surface area (Å²) in [4.78, 5) is 19.0. The number of para-hydroxylation sites is 1. The summed E-state index contributed by atoms with van der Waals surface area (Å²) in [5, 5.41) is 19.6. The topological polar surface area (TPSA) is 102 Å². The second-order valence-corrected chi connectivity index (χ2v) is 8.89. The summed E-state index contributed by atoms with van der Waals surface area (Å²) < 4.78 is 5.28. The third-order valence-corrected chi connectivity index (χ3v) is 5.88. The third kappa shape index (κ3) is 6.54. The van der Waals surface area contributed by atoms with E-state index in [1.54, 1.807) is 13.3 Å². The number of rotatable bonds is 9. The van der Waals surface area contributed by atoms with Crippen LogP contribution in [-0.2, 0) is 13.0 Å². The number of carbonyl (C=O) groups is 1. The van der Waals surface area contributed by atoms with Gasteiger partial charge in [-0.15, -0.1) is 0 Å². The lowest BCUT2D eigenvalue weighted by molar-refractivity contribution is 0.262. The van der Waals surface area contributed by atoms with Crippen molar-refractivity contribution in [1.29, 1.82) is 5.26 Å². The van der Waals surface area contributed by atoms with E-state index in [2.05, 4.69) is 31.9 Å². The average Bonchev–Trinajstić information content (AvgIpc) is 2.90. The number of fused-ring (bicyclic) bond motifs is 1. The second kappa shape index (κ2) is 11.9. The molecule has 0 aliphatic rings. The van der Waals surface area contributed by atoms with E-state index in [9.17, 15) is 10.1 Å². The minimum Gasteiger partial charge on any atom is -0.497 e. The molecule has 37 heavy (non-hydrogen) atoms. The van der Waals surface area contributed by atoms with Crippen molar-refractivity contribution in [2.24, 2.45) is 0 Å². The number of methoxy groups -OCH3 is 1. The molecule has 0 bridgehead atoms. The molecule has 0 radical (unpaired) electrons. The number of anilines is 3. The highest BCUT2D eigenvalue weighted by Crippen LogP contribution is 2.28. The van der Waals surface area contributed by atoms with Gasteiger partial charge in [0.1, 0.15) is 11.8 Å². The lowest BCUT2D eigenvalue weighted by Gasteiger charge is -2.15. The molecule has 0 unspecified atom stereocenters. The smallest absolute Gasteiger partial charge is 0.323 e. The third-order valence-electron chi connectivity index (χ3n) is 5.88. The molecule has 2 amide bonds. The van der Waals surface area contributed by atoms with Crippen LogP contribution in [0, 0.1) is 11.3 Å². The predicted molar refractivity (Wildman–Crippen MR) is 148 cm³/mol. The van der Waals surface area contributed by atoms with Crippen LogP contribution in [0.2, 0.25) is 0 Å². The summed E-state index contributed by atoms with van der Waals surface area (Å²) in [6.07, 6.45) is 2.32. The van der Waals surface area contributed by atoms with Crippen LogP contribution in [0.25, 0.3) is 10.9 Å². The van der Waals surface area contributed by atoms with Gasteiger partial charge in [-0.3, -0.25) is 4.98 Å². The number of hydrogen-bond donors (Lipinski definition) is 3. The zero-order valence-corrected chi connectivity index (χ0v) is 21.2. The number of amides is 2. The number of nitrogens with zero attached hydrogens (tertiary/aromatic N) is 3. The normalized spacial score (nSPS) is 10.7. The lowest BCUT2D eigenvalue weighted by Crippen LogP contribution is -2.21. The average molecular weight is 495 g/mol. The zero-order chi connectivity index (χ0) is 26.2. The molecule has 3 aromatic carbocycles. The molecule has 0 fully saturated rings. The predicted octanol–water partition coefficient (Wildman–Crippen LogP) is 5.48. The van der Waals surface area contributed by atoms with Crippen molar-refractivity contribution in [3.05, 3.63) is 89.6 Å². The number of aromatic nitrogens is 1. The van der Waals surface area contributed by atoms with Crippen molar-refractivity contribution in [1.82, 2.24) is 9.88 Å². The van der Waals surface area contributed by atoms with Crippen molar-refractivity contribution in [3.63, 3.8) is 0 Å². The summed E-state index contributed by atoms with van der Waals surface area (Å²) in [6, 6.07) is 23.1. The molecule has 4 rings (SSSR count). The van der Waals surface area contributed by atoms with Gasteiger partial charge in [0.2, 0.25) is 0 Å². The van der Waals surface area contributed by atoms with Crippen LogP contribution < -0.4 is 20.7 Å². The van der Waals surface area contributed by atoms with E-state index < -0.39 is 0 Å². The van der Waals surface area contributed by atoms with Gasteiger partial charge in [0, 0.05) is 42.1 Å². The molecule has 1 heterocycles. The van der Waals surface area contributed by atoms with Crippen molar-refractivity contribution >= 4 is 34.0 Å². The Morgan fingerprint density at radius 3 is 2.57 bits per heavy atom. The number of ether oxygens (including phenoxy) is 1. The van der Waals surface area contributed by atoms with Crippen LogP contribution in [0.4, 0.5) is 21.9 Å². The monoisotopic (exact) mass is 494 g/mol. The van der Waals surface area contributed by atoms with Gasteiger partial charge in [-0.1, -0.05) is 30.3 Å². The Hall–Kier alpha value is -4.61. The highest BCUT2D eigenvalue weighted by atomic mass is 16.5. The Morgan fingerprint density at radius 2 is 1.84 bits per heavy atom. The molecule has 0 atom stereocenters. The highest BCUT2D eigenvalue weighted by Gasteiger charge is 2.10. The molecule has 0 aliphatic carbocycles. The van der Waals surface area contributed by atoms with E-state index in [4.69, 9.17) is 4.74 Å². The molecule has 0 aliphatic heterocycles. The Bertz CT molecular complexity index is 1430. The van der Waals surface area contributed by atoms with Gasteiger partial charge in [-0.05, 0) is 62.0 Å². The maximum absolute atomic E-state index is 12.6. The van der Waals surface area contributed by atoms with E-state index in [1.807, 2.05) is 80.8 Å². The minimum atomic E-state index is -0.286.